The first-order chi connectivity index (χ1) is 7.88. The molecule has 1 aromatic carbocycles. The summed E-state index contributed by atoms with van der Waals surface area (Å²) in [6, 6.07) is 8.56. The van der Waals surface area contributed by atoms with Gasteiger partial charge in [-0.1, -0.05) is 24.3 Å². The molecule has 16 heavy (non-hydrogen) atoms. The highest BCUT2D eigenvalue weighted by Crippen LogP contribution is 2.36. The molecule has 0 radical (unpaired) electrons. The van der Waals surface area contributed by atoms with Gasteiger partial charge in [-0.15, -0.1) is 0 Å². The van der Waals surface area contributed by atoms with E-state index in [1.807, 2.05) is 4.57 Å². The topological polar surface area (TPSA) is 38.1 Å². The van der Waals surface area contributed by atoms with Gasteiger partial charge in [0.15, 0.2) is 0 Å². The largest absolute Gasteiger partial charge is 0.390 e. The number of hydrogen-bond donors (Lipinski definition) is 1. The second-order valence-corrected chi connectivity index (χ2v) is 4.30. The van der Waals surface area contributed by atoms with Crippen molar-refractivity contribution in [1.29, 1.82) is 0 Å². The van der Waals surface area contributed by atoms with E-state index in [9.17, 15) is 0 Å². The van der Waals surface area contributed by atoms with Crippen molar-refractivity contribution in [3.63, 3.8) is 0 Å². The minimum Gasteiger partial charge on any atom is -0.390 e. The predicted molar refractivity (Wildman–Crippen MR) is 61.0 cm³/mol. The van der Waals surface area contributed by atoms with Crippen LogP contribution in [0, 0.1) is 0 Å². The average molecular weight is 214 g/mol. The smallest absolute Gasteiger partial charge is 0.0949 e. The zero-order valence-electron chi connectivity index (χ0n) is 9.00. The first kappa shape index (κ1) is 9.60. The average Bonchev–Trinajstić information content (AvgIpc) is 2.73. The van der Waals surface area contributed by atoms with Crippen LogP contribution >= 0.6 is 0 Å². The normalized spacial score (nSPS) is 17.9. The lowest BCUT2D eigenvalue weighted by Crippen LogP contribution is -2.22. The maximum atomic E-state index is 9.15. The number of nitrogens with zero attached hydrogens (tertiary/aromatic N) is 2. The van der Waals surface area contributed by atoms with Crippen molar-refractivity contribution in [2.75, 3.05) is 0 Å². The number of rotatable bonds is 3. The van der Waals surface area contributed by atoms with E-state index in [1.54, 1.807) is 12.5 Å². The number of benzene rings is 1. The van der Waals surface area contributed by atoms with Crippen molar-refractivity contribution < 1.29 is 5.11 Å². The number of aromatic nitrogens is 2. The molecule has 0 fully saturated rings. The van der Waals surface area contributed by atoms with Crippen LogP contribution < -0.4 is 0 Å². The van der Waals surface area contributed by atoms with Gasteiger partial charge < -0.3 is 9.67 Å². The minimum absolute atomic E-state index is 0.0639. The molecule has 0 saturated heterocycles. The molecule has 3 rings (SSSR count). The van der Waals surface area contributed by atoms with Crippen LogP contribution in [0.5, 0.6) is 0 Å². The molecular formula is C13H14N2O. The Labute approximate surface area is 94.4 Å². The summed E-state index contributed by atoms with van der Waals surface area (Å²) in [7, 11) is 0. The molecule has 0 amide bonds. The van der Waals surface area contributed by atoms with Crippen LogP contribution in [0.4, 0.5) is 0 Å². The molecule has 82 valence electrons. The van der Waals surface area contributed by atoms with E-state index in [0.717, 1.165) is 18.7 Å². The Hall–Kier alpha value is -1.61. The van der Waals surface area contributed by atoms with E-state index in [2.05, 4.69) is 29.2 Å². The molecule has 3 nitrogen and oxygen atoms in total. The number of hydrogen-bond acceptors (Lipinski definition) is 2. The molecule has 1 N–H and O–H groups in total. The van der Waals surface area contributed by atoms with Gasteiger partial charge in [-0.25, -0.2) is 4.98 Å². The highest BCUT2D eigenvalue weighted by molar-refractivity contribution is 5.39. The third-order valence-corrected chi connectivity index (χ3v) is 3.34. The van der Waals surface area contributed by atoms with Gasteiger partial charge in [0.2, 0.25) is 0 Å². The number of aliphatic hydroxyl groups is 1. The predicted octanol–water partition coefficient (Wildman–Crippen LogP) is 1.72. The molecule has 1 aliphatic rings. The van der Waals surface area contributed by atoms with Gasteiger partial charge in [-0.2, -0.15) is 0 Å². The standard InChI is InChI=1S/C13H14N2O/c16-8-12-6-14-9-15(12)7-11-5-10-3-1-2-4-13(10)11/h1-4,6,9,11,16H,5,7-8H2. The van der Waals surface area contributed by atoms with Gasteiger partial charge in [0.05, 0.1) is 24.8 Å². The summed E-state index contributed by atoms with van der Waals surface area (Å²) in [6.07, 6.45) is 4.66. The van der Waals surface area contributed by atoms with Crippen LogP contribution in [0.25, 0.3) is 0 Å². The van der Waals surface area contributed by atoms with E-state index in [4.69, 9.17) is 5.11 Å². The van der Waals surface area contributed by atoms with Crippen molar-refractivity contribution in [2.45, 2.75) is 25.5 Å². The van der Waals surface area contributed by atoms with Crippen LogP contribution in [0.3, 0.4) is 0 Å². The fourth-order valence-corrected chi connectivity index (χ4v) is 2.41. The zero-order valence-corrected chi connectivity index (χ0v) is 9.00. The van der Waals surface area contributed by atoms with Gasteiger partial charge in [0, 0.05) is 12.5 Å². The SMILES string of the molecule is OCc1cncn1CC1Cc2ccccc21. The van der Waals surface area contributed by atoms with Crippen LogP contribution in [0.15, 0.2) is 36.8 Å². The summed E-state index contributed by atoms with van der Waals surface area (Å²) >= 11 is 0. The van der Waals surface area contributed by atoms with Crippen molar-refractivity contribution in [1.82, 2.24) is 9.55 Å². The maximum Gasteiger partial charge on any atom is 0.0949 e. The molecule has 1 unspecified atom stereocenters. The second kappa shape index (κ2) is 3.76. The molecule has 0 bridgehead atoms. The fraction of sp³-hybridized carbons (Fsp3) is 0.308. The molecule has 3 heteroatoms. The highest BCUT2D eigenvalue weighted by atomic mass is 16.3. The van der Waals surface area contributed by atoms with Crippen LogP contribution in [0.2, 0.25) is 0 Å². The summed E-state index contributed by atoms with van der Waals surface area (Å²) in [6.45, 7) is 0.987. The molecular weight excluding hydrogens is 200 g/mol. The van der Waals surface area contributed by atoms with E-state index < -0.39 is 0 Å². The van der Waals surface area contributed by atoms with Crippen molar-refractivity contribution in [3.8, 4) is 0 Å². The number of aliphatic hydroxyl groups excluding tert-OH is 1. The summed E-state index contributed by atoms with van der Waals surface area (Å²) < 4.78 is 2.04. The Balaban J connectivity index is 1.79. The fourth-order valence-electron chi connectivity index (χ4n) is 2.41. The van der Waals surface area contributed by atoms with Crippen molar-refractivity contribution in [2.24, 2.45) is 0 Å². The molecule has 1 aliphatic carbocycles. The molecule has 0 saturated carbocycles. The molecule has 0 aliphatic heterocycles. The first-order valence-corrected chi connectivity index (χ1v) is 5.56. The molecule has 1 heterocycles. The van der Waals surface area contributed by atoms with Gasteiger partial charge in [-0.3, -0.25) is 0 Å². The summed E-state index contributed by atoms with van der Waals surface area (Å²) in [5.74, 6) is 0.579. The Morgan fingerprint density at radius 2 is 2.25 bits per heavy atom. The highest BCUT2D eigenvalue weighted by Gasteiger charge is 2.25. The van der Waals surface area contributed by atoms with E-state index >= 15 is 0 Å². The van der Waals surface area contributed by atoms with E-state index in [0.29, 0.717) is 5.92 Å². The van der Waals surface area contributed by atoms with Gasteiger partial charge in [0.25, 0.3) is 0 Å². The summed E-state index contributed by atoms with van der Waals surface area (Å²) in [5.41, 5.74) is 3.79. The summed E-state index contributed by atoms with van der Waals surface area (Å²) in [5, 5.41) is 9.15. The van der Waals surface area contributed by atoms with Gasteiger partial charge in [-0.05, 0) is 17.5 Å². The lowest BCUT2D eigenvalue weighted by Gasteiger charge is -2.30. The number of fused-ring (bicyclic) bond motifs is 1. The monoisotopic (exact) mass is 214 g/mol. The Morgan fingerprint density at radius 3 is 3.06 bits per heavy atom. The second-order valence-electron chi connectivity index (χ2n) is 4.30. The first-order valence-electron chi connectivity index (χ1n) is 5.56. The number of imidazole rings is 1. The van der Waals surface area contributed by atoms with Gasteiger partial charge >= 0.3 is 0 Å². The zero-order chi connectivity index (χ0) is 11.0. The van der Waals surface area contributed by atoms with Crippen LogP contribution in [0.1, 0.15) is 22.7 Å². The minimum atomic E-state index is 0.0639. The Kier molecular flexibility index (Phi) is 2.26. The van der Waals surface area contributed by atoms with E-state index in [-0.39, 0.29) is 6.61 Å². The molecule has 1 atom stereocenters. The third-order valence-electron chi connectivity index (χ3n) is 3.34. The molecule has 0 spiro atoms. The quantitative estimate of drug-likeness (QED) is 0.844. The van der Waals surface area contributed by atoms with E-state index in [1.165, 1.54) is 11.1 Å². The Bertz CT molecular complexity index is 504. The van der Waals surface area contributed by atoms with Crippen molar-refractivity contribution in [3.05, 3.63) is 53.6 Å². The molecule has 2 aromatic rings. The van der Waals surface area contributed by atoms with Gasteiger partial charge in [0.1, 0.15) is 0 Å². The molecule has 1 aromatic heterocycles. The maximum absolute atomic E-state index is 9.15. The van der Waals surface area contributed by atoms with Crippen LogP contribution in [-0.4, -0.2) is 14.7 Å². The third kappa shape index (κ3) is 1.44. The van der Waals surface area contributed by atoms with Crippen molar-refractivity contribution >= 4 is 0 Å². The summed E-state index contributed by atoms with van der Waals surface area (Å²) in [4.78, 5) is 4.06. The Morgan fingerprint density at radius 1 is 1.38 bits per heavy atom. The lowest BCUT2D eigenvalue weighted by molar-refractivity contribution is 0.268. The van der Waals surface area contributed by atoms with Crippen LogP contribution in [-0.2, 0) is 19.6 Å². The lowest BCUT2D eigenvalue weighted by atomic mass is 9.77.